The van der Waals surface area contributed by atoms with Crippen molar-refractivity contribution in [1.82, 2.24) is 35.5 Å². The molecule has 1 saturated heterocycles. The SMILES string of the molecule is NC(=O)CO/N=C(\C(=O)N[C@@H]1C(=O)N2C(C(=O)[O-])=C(CSc3nnnn3N)CS[C@@H]12)c1csc(N)n1.[Na+]. The maximum absolute atomic E-state index is 12.9. The van der Waals surface area contributed by atoms with E-state index in [1.807, 2.05) is 0 Å². The summed E-state index contributed by atoms with van der Waals surface area (Å²) in [7, 11) is 0. The minimum absolute atomic E-state index is 0. The Kier molecular flexibility index (Phi) is 9.36. The molecule has 190 valence electrons. The monoisotopic (exact) mass is 577 g/mol. The number of hydrogen-bond acceptors (Lipinski definition) is 16. The number of nitrogens with zero attached hydrogens (tertiary/aromatic N) is 7. The third-order valence-corrected chi connectivity index (χ3v) is 7.74. The topological polar surface area (TPSA) is 263 Å². The smallest absolute Gasteiger partial charge is 0.543 e. The number of nitrogens with one attached hydrogen (secondary N) is 1. The summed E-state index contributed by atoms with van der Waals surface area (Å²) in [6.07, 6.45) is 0. The molecule has 7 N–H and O–H groups in total. The van der Waals surface area contributed by atoms with Crippen LogP contribution in [0.4, 0.5) is 5.13 Å². The predicted molar refractivity (Wildman–Crippen MR) is 124 cm³/mol. The van der Waals surface area contributed by atoms with Gasteiger partial charge < -0.3 is 37.4 Å². The van der Waals surface area contributed by atoms with Crippen LogP contribution < -0.4 is 57.3 Å². The Labute approximate surface area is 241 Å². The standard InChI is InChI=1S/C16H17N11O6S3.Na/c17-7(28)1-33-23-8(6-4-35-15(18)20-6)11(29)21-9-12(30)26-10(14(31)32)5(2-34-13(9)26)3-36-16-22-24-25-27(16)19;/h4,9,13H,1-3,19H2,(H2,17,28)(H2,18,20)(H,21,29)(H,31,32);/q;+1/p-1/b23-8-;/t9-,13+;/m1./s1. The van der Waals surface area contributed by atoms with Crippen molar-refractivity contribution < 1.29 is 58.7 Å². The van der Waals surface area contributed by atoms with Gasteiger partial charge in [0, 0.05) is 16.9 Å². The maximum atomic E-state index is 12.9. The third kappa shape index (κ3) is 6.15. The molecule has 2 aliphatic rings. The first kappa shape index (κ1) is 28.7. The van der Waals surface area contributed by atoms with Crippen molar-refractivity contribution in [3.63, 3.8) is 0 Å². The molecule has 2 aliphatic heterocycles. The molecule has 2 atom stereocenters. The molecule has 3 amide bonds. The molecule has 0 spiro atoms. The molecule has 4 heterocycles. The maximum Gasteiger partial charge on any atom is 1.00 e. The molecule has 0 unspecified atom stereocenters. The summed E-state index contributed by atoms with van der Waals surface area (Å²) in [4.78, 5) is 59.4. The summed E-state index contributed by atoms with van der Waals surface area (Å²) < 4.78 is 0. The number of nitrogen functional groups attached to an aromatic ring is 2. The first-order chi connectivity index (χ1) is 17.2. The van der Waals surface area contributed by atoms with Crippen molar-refractivity contribution in [2.45, 2.75) is 16.6 Å². The van der Waals surface area contributed by atoms with Crippen molar-refractivity contribution in [2.75, 3.05) is 29.7 Å². The summed E-state index contributed by atoms with van der Waals surface area (Å²) in [5.41, 5.74) is 10.5. The number of aliphatic carboxylic acids is 1. The van der Waals surface area contributed by atoms with Crippen LogP contribution in [-0.2, 0) is 24.0 Å². The average Bonchev–Trinajstić information content (AvgIpc) is 3.45. The largest absolute Gasteiger partial charge is 1.00 e. The Bertz CT molecular complexity index is 1300. The van der Waals surface area contributed by atoms with Gasteiger partial charge in [-0.25, -0.2) is 4.98 Å². The number of fused-ring (bicyclic) bond motifs is 1. The fourth-order valence-corrected chi connectivity index (χ4v) is 6.01. The van der Waals surface area contributed by atoms with Crippen LogP contribution in [0.15, 0.2) is 27.0 Å². The van der Waals surface area contributed by atoms with Crippen LogP contribution >= 0.6 is 34.9 Å². The Balaban J connectivity index is 0.00000380. The number of β-lactam (4-membered cyclic amide) rings is 1. The minimum atomic E-state index is -1.54. The van der Waals surface area contributed by atoms with Crippen molar-refractivity contribution in [3.8, 4) is 0 Å². The molecule has 4 rings (SSSR count). The normalized spacial score (nSPS) is 19.0. The summed E-state index contributed by atoms with van der Waals surface area (Å²) >= 11 is 3.36. The molecule has 1 fully saturated rings. The van der Waals surface area contributed by atoms with Crippen molar-refractivity contribution in [1.29, 1.82) is 0 Å². The zero-order valence-electron chi connectivity index (χ0n) is 18.9. The second-order valence-electron chi connectivity index (χ2n) is 7.05. The first-order valence-electron chi connectivity index (χ1n) is 9.72. The molecule has 0 aliphatic carbocycles. The second kappa shape index (κ2) is 12.1. The number of carboxylic acid groups (broad SMARTS) is 1. The van der Waals surface area contributed by atoms with E-state index in [1.165, 1.54) is 17.1 Å². The molecular formula is C16H16N11NaO6S3. The molecule has 21 heteroatoms. The molecule has 2 aromatic heterocycles. The Morgan fingerprint density at radius 3 is 2.73 bits per heavy atom. The molecular weight excluding hydrogens is 561 g/mol. The van der Waals surface area contributed by atoms with E-state index in [1.54, 1.807) is 0 Å². The van der Waals surface area contributed by atoms with Crippen LogP contribution in [0.3, 0.4) is 0 Å². The second-order valence-corrected chi connectivity index (χ2v) is 9.98. The van der Waals surface area contributed by atoms with Crippen LogP contribution in [-0.4, -0.2) is 89.1 Å². The number of nitrogens with two attached hydrogens (primary N) is 3. The molecule has 0 radical (unpaired) electrons. The van der Waals surface area contributed by atoms with E-state index in [0.29, 0.717) is 5.57 Å². The van der Waals surface area contributed by atoms with Crippen LogP contribution in [0.25, 0.3) is 0 Å². The Morgan fingerprint density at radius 1 is 1.38 bits per heavy atom. The van der Waals surface area contributed by atoms with Gasteiger partial charge >= 0.3 is 29.6 Å². The van der Waals surface area contributed by atoms with E-state index in [-0.39, 0.29) is 68.5 Å². The zero-order valence-corrected chi connectivity index (χ0v) is 23.3. The van der Waals surface area contributed by atoms with Gasteiger partial charge in [0.25, 0.3) is 17.7 Å². The van der Waals surface area contributed by atoms with Gasteiger partial charge in [0.2, 0.25) is 5.16 Å². The van der Waals surface area contributed by atoms with Crippen LogP contribution in [0.1, 0.15) is 5.69 Å². The number of amides is 3. The molecule has 0 saturated carbocycles. The predicted octanol–water partition coefficient (Wildman–Crippen LogP) is -7.17. The summed E-state index contributed by atoms with van der Waals surface area (Å²) in [5.74, 6) is 2.06. The number of tetrazole rings is 1. The van der Waals surface area contributed by atoms with Gasteiger partial charge in [-0.3, -0.25) is 19.3 Å². The molecule has 0 aromatic carbocycles. The average molecular weight is 578 g/mol. The van der Waals surface area contributed by atoms with E-state index in [9.17, 15) is 24.3 Å². The summed E-state index contributed by atoms with van der Waals surface area (Å²) in [6, 6.07) is -1.07. The van der Waals surface area contributed by atoms with E-state index in [2.05, 4.69) is 31.0 Å². The van der Waals surface area contributed by atoms with E-state index in [4.69, 9.17) is 22.1 Å². The Hall–Kier alpha value is -2.91. The first-order valence-corrected chi connectivity index (χ1v) is 12.6. The van der Waals surface area contributed by atoms with Gasteiger partial charge in [0.05, 0.1) is 11.7 Å². The van der Waals surface area contributed by atoms with E-state index in [0.717, 1.165) is 32.8 Å². The van der Waals surface area contributed by atoms with Gasteiger partial charge in [-0.2, -0.15) is 0 Å². The number of oxime groups is 1. The van der Waals surface area contributed by atoms with Crippen molar-refractivity contribution >= 4 is 69.4 Å². The number of thiazole rings is 1. The van der Waals surface area contributed by atoms with Gasteiger partial charge in [-0.1, -0.05) is 22.0 Å². The molecule has 17 nitrogen and oxygen atoms in total. The van der Waals surface area contributed by atoms with Crippen molar-refractivity contribution in [2.24, 2.45) is 10.9 Å². The van der Waals surface area contributed by atoms with Crippen LogP contribution in [0.5, 0.6) is 0 Å². The number of carbonyl (C=O) groups is 4. The zero-order chi connectivity index (χ0) is 26.0. The molecule has 37 heavy (non-hydrogen) atoms. The number of carbonyl (C=O) groups excluding carboxylic acids is 4. The summed E-state index contributed by atoms with van der Waals surface area (Å²) in [6.45, 7) is -0.595. The third-order valence-electron chi connectivity index (χ3n) is 4.71. The van der Waals surface area contributed by atoms with Crippen LogP contribution in [0, 0.1) is 0 Å². The number of hydrogen-bond donors (Lipinski definition) is 4. The van der Waals surface area contributed by atoms with Crippen LogP contribution in [0.2, 0.25) is 0 Å². The number of anilines is 1. The van der Waals surface area contributed by atoms with Gasteiger partial charge in [0.15, 0.2) is 17.5 Å². The number of carboxylic acids is 1. The van der Waals surface area contributed by atoms with Gasteiger partial charge in [-0.05, 0) is 16.0 Å². The Morgan fingerprint density at radius 2 is 2.14 bits per heavy atom. The van der Waals surface area contributed by atoms with E-state index >= 15 is 0 Å². The molecule has 2 aromatic rings. The number of thioether (sulfide) groups is 2. The number of primary amides is 1. The van der Waals surface area contributed by atoms with Crippen molar-refractivity contribution in [3.05, 3.63) is 22.3 Å². The van der Waals surface area contributed by atoms with Gasteiger partial charge in [-0.15, -0.1) is 27.9 Å². The van der Waals surface area contributed by atoms with Gasteiger partial charge in [0.1, 0.15) is 17.1 Å². The van der Waals surface area contributed by atoms with E-state index < -0.39 is 41.7 Å². The minimum Gasteiger partial charge on any atom is -0.543 e. The fourth-order valence-electron chi connectivity index (χ4n) is 3.19. The fraction of sp³-hybridized carbons (Fsp3) is 0.312. The molecule has 0 bridgehead atoms. The number of rotatable bonds is 10. The quantitative estimate of drug-likeness (QED) is 0.0510. The summed E-state index contributed by atoms with van der Waals surface area (Å²) in [5, 5.41) is 29.7. The number of aromatic nitrogens is 5.